The zero-order valence-electron chi connectivity index (χ0n) is 8.83. The van der Waals surface area contributed by atoms with Gasteiger partial charge in [-0.15, -0.1) is 11.3 Å². The van der Waals surface area contributed by atoms with E-state index in [1.54, 1.807) is 11.3 Å². The number of likely N-dealkylation sites (N-methyl/N-ethyl adjacent to an activating group) is 1. The highest BCUT2D eigenvalue weighted by atomic mass is 35.5. The van der Waals surface area contributed by atoms with E-state index in [0.717, 1.165) is 10.8 Å². The Hall–Kier alpha value is -0.0900. The summed E-state index contributed by atoms with van der Waals surface area (Å²) in [5.74, 6) is 0. The minimum Gasteiger partial charge on any atom is -0.326 e. The molecule has 0 radical (unpaired) electrons. The van der Waals surface area contributed by atoms with Crippen LogP contribution in [0.2, 0.25) is 4.34 Å². The SMILES string of the molecule is CCC(N)C(c1ccc(Cl)s1)N(C)C. The molecule has 1 heterocycles. The average Bonchev–Trinajstić information content (AvgIpc) is 2.51. The largest absolute Gasteiger partial charge is 0.326 e. The molecule has 2 N–H and O–H groups in total. The quantitative estimate of drug-likeness (QED) is 0.865. The smallest absolute Gasteiger partial charge is 0.0931 e. The van der Waals surface area contributed by atoms with Crippen LogP contribution in [0.15, 0.2) is 12.1 Å². The van der Waals surface area contributed by atoms with Crippen molar-refractivity contribution in [1.29, 1.82) is 0 Å². The number of nitrogens with zero attached hydrogens (tertiary/aromatic N) is 1. The first kappa shape index (κ1) is 12.0. The van der Waals surface area contributed by atoms with Gasteiger partial charge in [-0.05, 0) is 32.6 Å². The number of rotatable bonds is 4. The minimum atomic E-state index is 0.166. The van der Waals surface area contributed by atoms with Gasteiger partial charge in [0.05, 0.1) is 10.4 Å². The molecule has 0 fully saturated rings. The fourth-order valence-electron chi connectivity index (χ4n) is 1.56. The molecule has 2 atom stereocenters. The molecule has 0 aliphatic carbocycles. The van der Waals surface area contributed by atoms with E-state index >= 15 is 0 Å². The summed E-state index contributed by atoms with van der Waals surface area (Å²) >= 11 is 7.53. The molecule has 0 aromatic carbocycles. The molecule has 4 heteroatoms. The number of hydrogen-bond donors (Lipinski definition) is 1. The lowest BCUT2D eigenvalue weighted by Crippen LogP contribution is -2.36. The van der Waals surface area contributed by atoms with Gasteiger partial charge in [0.15, 0.2) is 0 Å². The highest BCUT2D eigenvalue weighted by Crippen LogP contribution is 2.31. The molecule has 1 aromatic heterocycles. The van der Waals surface area contributed by atoms with Gasteiger partial charge >= 0.3 is 0 Å². The van der Waals surface area contributed by atoms with Gasteiger partial charge in [-0.25, -0.2) is 0 Å². The van der Waals surface area contributed by atoms with Crippen molar-refractivity contribution in [3.8, 4) is 0 Å². The van der Waals surface area contributed by atoms with E-state index in [-0.39, 0.29) is 12.1 Å². The molecule has 1 aromatic rings. The van der Waals surface area contributed by atoms with Gasteiger partial charge in [-0.1, -0.05) is 18.5 Å². The molecule has 14 heavy (non-hydrogen) atoms. The first-order chi connectivity index (χ1) is 6.56. The highest BCUT2D eigenvalue weighted by Gasteiger charge is 2.21. The van der Waals surface area contributed by atoms with Gasteiger partial charge in [0.25, 0.3) is 0 Å². The Morgan fingerprint density at radius 1 is 1.50 bits per heavy atom. The minimum absolute atomic E-state index is 0.166. The Labute approximate surface area is 94.7 Å². The number of hydrogen-bond acceptors (Lipinski definition) is 3. The molecule has 2 nitrogen and oxygen atoms in total. The van der Waals surface area contributed by atoms with Crippen LogP contribution in [-0.4, -0.2) is 25.0 Å². The normalized spacial score (nSPS) is 15.9. The van der Waals surface area contributed by atoms with Crippen LogP contribution in [0.4, 0.5) is 0 Å². The number of thiophene rings is 1. The Morgan fingerprint density at radius 3 is 2.50 bits per heavy atom. The maximum absolute atomic E-state index is 6.08. The molecule has 0 spiro atoms. The zero-order chi connectivity index (χ0) is 10.7. The Balaban J connectivity index is 2.88. The number of halogens is 1. The third-order valence-electron chi connectivity index (χ3n) is 2.32. The summed E-state index contributed by atoms with van der Waals surface area (Å²) in [5, 5.41) is 0. The van der Waals surface area contributed by atoms with Crippen molar-refractivity contribution in [1.82, 2.24) is 4.90 Å². The van der Waals surface area contributed by atoms with Crippen LogP contribution in [-0.2, 0) is 0 Å². The fourth-order valence-corrected chi connectivity index (χ4v) is 2.89. The van der Waals surface area contributed by atoms with Crippen LogP contribution in [0.25, 0.3) is 0 Å². The molecule has 0 saturated carbocycles. The number of nitrogens with two attached hydrogens (primary N) is 1. The third-order valence-corrected chi connectivity index (χ3v) is 3.62. The molecular formula is C10H17ClN2S. The van der Waals surface area contributed by atoms with Crippen molar-refractivity contribution in [2.45, 2.75) is 25.4 Å². The summed E-state index contributed by atoms with van der Waals surface area (Å²) in [5.41, 5.74) is 6.08. The predicted octanol–water partition coefficient (Wildman–Crippen LogP) is 2.74. The fraction of sp³-hybridized carbons (Fsp3) is 0.600. The molecule has 0 amide bonds. The molecule has 0 aliphatic rings. The first-order valence-corrected chi connectivity index (χ1v) is 5.93. The van der Waals surface area contributed by atoms with E-state index in [2.05, 4.69) is 17.9 Å². The summed E-state index contributed by atoms with van der Waals surface area (Å²) in [7, 11) is 4.10. The van der Waals surface area contributed by atoms with Crippen molar-refractivity contribution in [2.75, 3.05) is 14.1 Å². The van der Waals surface area contributed by atoms with Crippen LogP contribution in [0.3, 0.4) is 0 Å². The Bertz CT molecular complexity index is 285. The van der Waals surface area contributed by atoms with Crippen LogP contribution in [0.1, 0.15) is 24.3 Å². The van der Waals surface area contributed by atoms with Crippen LogP contribution < -0.4 is 5.73 Å². The van der Waals surface area contributed by atoms with Gasteiger partial charge in [0, 0.05) is 10.9 Å². The molecule has 0 aliphatic heterocycles. The van der Waals surface area contributed by atoms with Gasteiger partial charge in [0.1, 0.15) is 0 Å². The van der Waals surface area contributed by atoms with Crippen LogP contribution in [0, 0.1) is 0 Å². The van der Waals surface area contributed by atoms with Crippen LogP contribution >= 0.6 is 22.9 Å². The Kier molecular flexibility index (Phi) is 4.38. The summed E-state index contributed by atoms with van der Waals surface area (Å²) in [6, 6.07) is 4.44. The summed E-state index contributed by atoms with van der Waals surface area (Å²) in [4.78, 5) is 3.39. The van der Waals surface area contributed by atoms with E-state index in [1.807, 2.05) is 20.2 Å². The van der Waals surface area contributed by atoms with Crippen molar-refractivity contribution in [3.05, 3.63) is 21.3 Å². The monoisotopic (exact) mass is 232 g/mol. The second-order valence-corrected chi connectivity index (χ2v) is 5.37. The lowest BCUT2D eigenvalue weighted by Gasteiger charge is -2.28. The molecule has 2 unspecified atom stereocenters. The standard InChI is InChI=1S/C10H17ClN2S/c1-4-7(12)10(13(2)3)8-5-6-9(11)14-8/h5-7,10H,4,12H2,1-3H3. The van der Waals surface area contributed by atoms with Crippen molar-refractivity contribution in [3.63, 3.8) is 0 Å². The van der Waals surface area contributed by atoms with E-state index in [0.29, 0.717) is 0 Å². The highest BCUT2D eigenvalue weighted by molar-refractivity contribution is 7.16. The Morgan fingerprint density at radius 2 is 2.14 bits per heavy atom. The topological polar surface area (TPSA) is 29.3 Å². The van der Waals surface area contributed by atoms with Crippen molar-refractivity contribution < 1.29 is 0 Å². The molecular weight excluding hydrogens is 216 g/mol. The molecule has 0 saturated heterocycles. The van der Waals surface area contributed by atoms with E-state index in [9.17, 15) is 0 Å². The van der Waals surface area contributed by atoms with Crippen molar-refractivity contribution >= 4 is 22.9 Å². The average molecular weight is 233 g/mol. The maximum atomic E-state index is 6.08. The summed E-state index contributed by atoms with van der Waals surface area (Å²) < 4.78 is 0.829. The first-order valence-electron chi connectivity index (χ1n) is 4.73. The van der Waals surface area contributed by atoms with Gasteiger partial charge in [-0.3, -0.25) is 0 Å². The van der Waals surface area contributed by atoms with Gasteiger partial charge in [-0.2, -0.15) is 0 Å². The van der Waals surface area contributed by atoms with E-state index in [4.69, 9.17) is 17.3 Å². The lowest BCUT2D eigenvalue weighted by molar-refractivity contribution is 0.257. The second-order valence-electron chi connectivity index (χ2n) is 3.62. The summed E-state index contributed by atoms with van der Waals surface area (Å²) in [6.45, 7) is 2.11. The lowest BCUT2D eigenvalue weighted by atomic mass is 10.0. The second kappa shape index (κ2) is 5.12. The molecule has 1 rings (SSSR count). The predicted molar refractivity (Wildman–Crippen MR) is 64.0 cm³/mol. The van der Waals surface area contributed by atoms with Crippen LogP contribution in [0.5, 0.6) is 0 Å². The van der Waals surface area contributed by atoms with E-state index < -0.39 is 0 Å². The zero-order valence-corrected chi connectivity index (χ0v) is 10.4. The van der Waals surface area contributed by atoms with Crippen molar-refractivity contribution in [2.24, 2.45) is 5.73 Å². The van der Waals surface area contributed by atoms with Gasteiger partial charge < -0.3 is 10.6 Å². The maximum Gasteiger partial charge on any atom is 0.0931 e. The summed E-state index contributed by atoms with van der Waals surface area (Å²) in [6.07, 6.45) is 0.971. The third kappa shape index (κ3) is 2.70. The van der Waals surface area contributed by atoms with E-state index in [1.165, 1.54) is 4.88 Å². The molecule has 80 valence electrons. The van der Waals surface area contributed by atoms with Gasteiger partial charge in [0.2, 0.25) is 0 Å². The molecule has 0 bridgehead atoms.